The zero-order chi connectivity index (χ0) is 13.0. The third-order valence-electron chi connectivity index (χ3n) is 3.05. The van der Waals surface area contributed by atoms with Gasteiger partial charge in [-0.2, -0.15) is 0 Å². The van der Waals surface area contributed by atoms with Crippen LogP contribution in [-0.4, -0.2) is 24.2 Å². The van der Waals surface area contributed by atoms with Crippen LogP contribution in [0, 0.1) is 0 Å². The number of hydrogen-bond donors (Lipinski definition) is 2. The predicted octanol–water partition coefficient (Wildman–Crippen LogP) is 3.06. The van der Waals surface area contributed by atoms with Gasteiger partial charge in [-0.05, 0) is 53.4 Å². The SMILES string of the molecule is NC(=S)c1ccc(NCC2CCCCO2)c(Br)c1. The minimum atomic E-state index is 0.320. The topological polar surface area (TPSA) is 47.3 Å². The molecule has 0 amide bonds. The highest BCUT2D eigenvalue weighted by atomic mass is 79.9. The molecule has 1 aromatic carbocycles. The standard InChI is InChI=1S/C13H17BrN2OS/c14-11-7-9(13(15)18)4-5-12(11)16-8-10-3-1-2-6-17-10/h4-5,7,10,16H,1-3,6,8H2,(H2,15,18). The molecule has 1 fully saturated rings. The second-order valence-electron chi connectivity index (χ2n) is 4.43. The van der Waals surface area contributed by atoms with E-state index < -0.39 is 0 Å². The summed E-state index contributed by atoms with van der Waals surface area (Å²) in [5, 5.41) is 3.39. The summed E-state index contributed by atoms with van der Waals surface area (Å²) >= 11 is 8.47. The van der Waals surface area contributed by atoms with Gasteiger partial charge in [0.1, 0.15) is 4.99 Å². The lowest BCUT2D eigenvalue weighted by Gasteiger charge is -2.23. The summed E-state index contributed by atoms with van der Waals surface area (Å²) in [6, 6.07) is 5.85. The first-order valence-corrected chi connectivity index (χ1v) is 7.32. The molecule has 0 spiro atoms. The van der Waals surface area contributed by atoms with Crippen LogP contribution in [0.1, 0.15) is 24.8 Å². The second kappa shape index (κ2) is 6.50. The third-order valence-corrected chi connectivity index (χ3v) is 3.94. The number of nitrogens with one attached hydrogen (secondary N) is 1. The van der Waals surface area contributed by atoms with E-state index in [-0.39, 0.29) is 0 Å². The maximum Gasteiger partial charge on any atom is 0.104 e. The Balaban J connectivity index is 1.94. The molecule has 1 atom stereocenters. The molecule has 0 radical (unpaired) electrons. The quantitative estimate of drug-likeness (QED) is 0.834. The van der Waals surface area contributed by atoms with Crippen LogP contribution in [0.25, 0.3) is 0 Å². The molecule has 1 saturated heterocycles. The maximum absolute atomic E-state index is 5.68. The van der Waals surface area contributed by atoms with Crippen molar-refractivity contribution in [2.45, 2.75) is 25.4 Å². The van der Waals surface area contributed by atoms with E-state index in [1.54, 1.807) is 0 Å². The molecule has 0 saturated carbocycles. The fourth-order valence-electron chi connectivity index (χ4n) is 2.00. The molecular weight excluding hydrogens is 312 g/mol. The zero-order valence-corrected chi connectivity index (χ0v) is 12.5. The normalized spacial score (nSPS) is 19.5. The Morgan fingerprint density at radius 3 is 2.94 bits per heavy atom. The van der Waals surface area contributed by atoms with Crippen molar-refractivity contribution in [2.24, 2.45) is 5.73 Å². The summed E-state index contributed by atoms with van der Waals surface area (Å²) in [5.74, 6) is 0. The van der Waals surface area contributed by atoms with Crippen LogP contribution in [0.3, 0.4) is 0 Å². The first kappa shape index (κ1) is 13.8. The Labute approximate surface area is 121 Å². The van der Waals surface area contributed by atoms with Crippen LogP contribution in [0.15, 0.2) is 22.7 Å². The van der Waals surface area contributed by atoms with E-state index in [4.69, 9.17) is 22.7 Å². The number of nitrogens with two attached hydrogens (primary N) is 1. The number of halogens is 1. The number of ether oxygens (including phenoxy) is 1. The Bertz CT molecular complexity index is 433. The molecule has 0 aliphatic carbocycles. The third kappa shape index (κ3) is 3.67. The number of hydrogen-bond acceptors (Lipinski definition) is 3. The lowest BCUT2D eigenvalue weighted by atomic mass is 10.1. The lowest BCUT2D eigenvalue weighted by Crippen LogP contribution is -2.27. The summed E-state index contributed by atoms with van der Waals surface area (Å²) in [7, 11) is 0. The molecule has 2 rings (SSSR count). The van der Waals surface area contributed by atoms with E-state index >= 15 is 0 Å². The van der Waals surface area contributed by atoms with Crippen molar-refractivity contribution < 1.29 is 4.74 Å². The van der Waals surface area contributed by atoms with Crippen molar-refractivity contribution in [3.05, 3.63) is 28.2 Å². The predicted molar refractivity (Wildman–Crippen MR) is 82.1 cm³/mol. The summed E-state index contributed by atoms with van der Waals surface area (Å²) in [6.45, 7) is 1.72. The van der Waals surface area contributed by atoms with E-state index in [1.807, 2.05) is 18.2 Å². The van der Waals surface area contributed by atoms with Gasteiger partial charge in [-0.3, -0.25) is 0 Å². The van der Waals surface area contributed by atoms with Gasteiger partial charge >= 0.3 is 0 Å². The average Bonchev–Trinajstić information content (AvgIpc) is 2.38. The Kier molecular flexibility index (Phi) is 4.97. The zero-order valence-electron chi connectivity index (χ0n) is 10.1. The fraction of sp³-hybridized carbons (Fsp3) is 0.462. The minimum Gasteiger partial charge on any atom is -0.389 e. The van der Waals surface area contributed by atoms with Gasteiger partial charge in [-0.1, -0.05) is 12.2 Å². The van der Waals surface area contributed by atoms with E-state index in [0.717, 1.165) is 35.3 Å². The highest BCUT2D eigenvalue weighted by molar-refractivity contribution is 9.10. The van der Waals surface area contributed by atoms with E-state index in [2.05, 4.69) is 21.2 Å². The molecule has 0 aromatic heterocycles. The van der Waals surface area contributed by atoms with Crippen LogP contribution >= 0.6 is 28.1 Å². The second-order valence-corrected chi connectivity index (χ2v) is 5.72. The number of rotatable bonds is 4. The van der Waals surface area contributed by atoms with Crippen molar-refractivity contribution in [1.29, 1.82) is 0 Å². The van der Waals surface area contributed by atoms with Crippen LogP contribution in [0.2, 0.25) is 0 Å². The molecule has 5 heteroatoms. The van der Waals surface area contributed by atoms with Gasteiger partial charge in [0.2, 0.25) is 0 Å². The van der Waals surface area contributed by atoms with Crippen LogP contribution < -0.4 is 11.1 Å². The maximum atomic E-state index is 5.68. The first-order valence-electron chi connectivity index (χ1n) is 6.11. The van der Waals surface area contributed by atoms with Crippen LogP contribution in [-0.2, 0) is 4.74 Å². The molecule has 1 aromatic rings. The smallest absolute Gasteiger partial charge is 0.104 e. The van der Waals surface area contributed by atoms with Crippen LogP contribution in [0.4, 0.5) is 5.69 Å². The largest absolute Gasteiger partial charge is 0.389 e. The first-order chi connectivity index (χ1) is 8.66. The summed E-state index contributed by atoms with van der Waals surface area (Å²) in [4.78, 5) is 0.415. The van der Waals surface area contributed by atoms with Crippen molar-refractivity contribution in [3.8, 4) is 0 Å². The van der Waals surface area contributed by atoms with Crippen molar-refractivity contribution in [3.63, 3.8) is 0 Å². The van der Waals surface area contributed by atoms with Crippen LogP contribution in [0.5, 0.6) is 0 Å². The summed E-state index contributed by atoms with van der Waals surface area (Å²) in [6.07, 6.45) is 3.90. The van der Waals surface area contributed by atoms with E-state index in [9.17, 15) is 0 Å². The average molecular weight is 329 g/mol. The number of benzene rings is 1. The monoisotopic (exact) mass is 328 g/mol. The molecule has 1 aliphatic rings. The van der Waals surface area contributed by atoms with E-state index in [1.165, 1.54) is 12.8 Å². The molecular formula is C13H17BrN2OS. The molecule has 3 nitrogen and oxygen atoms in total. The lowest BCUT2D eigenvalue weighted by molar-refractivity contribution is 0.0247. The van der Waals surface area contributed by atoms with Gasteiger partial charge < -0.3 is 15.8 Å². The van der Waals surface area contributed by atoms with Crippen molar-refractivity contribution >= 4 is 38.8 Å². The summed E-state index contributed by atoms with van der Waals surface area (Å²) < 4.78 is 6.66. The van der Waals surface area contributed by atoms with Gasteiger partial charge in [-0.15, -0.1) is 0 Å². The molecule has 18 heavy (non-hydrogen) atoms. The van der Waals surface area contributed by atoms with Gasteiger partial charge in [0.25, 0.3) is 0 Å². The molecule has 98 valence electrons. The van der Waals surface area contributed by atoms with Gasteiger partial charge in [-0.25, -0.2) is 0 Å². The highest BCUT2D eigenvalue weighted by Crippen LogP contribution is 2.24. The minimum absolute atomic E-state index is 0.320. The molecule has 0 bridgehead atoms. The van der Waals surface area contributed by atoms with Gasteiger partial charge in [0.15, 0.2) is 0 Å². The van der Waals surface area contributed by atoms with E-state index in [0.29, 0.717) is 11.1 Å². The van der Waals surface area contributed by atoms with Gasteiger partial charge in [0, 0.05) is 28.9 Å². The summed E-state index contributed by atoms with van der Waals surface area (Å²) in [5.41, 5.74) is 7.51. The molecule has 1 unspecified atom stereocenters. The van der Waals surface area contributed by atoms with Crippen molar-refractivity contribution in [2.75, 3.05) is 18.5 Å². The Morgan fingerprint density at radius 2 is 2.33 bits per heavy atom. The number of thiocarbonyl (C=S) groups is 1. The van der Waals surface area contributed by atoms with Gasteiger partial charge in [0.05, 0.1) is 6.10 Å². The Morgan fingerprint density at radius 1 is 1.50 bits per heavy atom. The Hall–Kier alpha value is -0.650. The fourth-order valence-corrected chi connectivity index (χ4v) is 2.65. The number of anilines is 1. The molecule has 1 heterocycles. The highest BCUT2D eigenvalue weighted by Gasteiger charge is 2.13. The van der Waals surface area contributed by atoms with Crippen molar-refractivity contribution in [1.82, 2.24) is 0 Å². The molecule has 3 N–H and O–H groups in total. The molecule has 1 aliphatic heterocycles.